The second-order valence-electron chi connectivity index (χ2n) is 7.84. The Morgan fingerprint density at radius 3 is 2.62 bits per heavy atom. The molecule has 4 aliphatic heterocycles. The van der Waals surface area contributed by atoms with Crippen molar-refractivity contribution >= 4 is 5.91 Å². The first kappa shape index (κ1) is 17.9. The van der Waals surface area contributed by atoms with Crippen molar-refractivity contribution < 1.29 is 13.9 Å². The molecule has 2 bridgehead atoms. The number of ether oxygens (including phenoxy) is 1. The van der Waals surface area contributed by atoms with Crippen LogP contribution in [0.15, 0.2) is 24.3 Å². The van der Waals surface area contributed by atoms with Gasteiger partial charge in [0.05, 0.1) is 19.8 Å². The van der Waals surface area contributed by atoms with E-state index in [-0.39, 0.29) is 11.7 Å². The van der Waals surface area contributed by atoms with E-state index >= 15 is 0 Å². The molecule has 6 heteroatoms. The normalized spacial score (nSPS) is 27.5. The zero-order chi connectivity index (χ0) is 17.9. The third kappa shape index (κ3) is 4.24. The number of piperidine rings is 1. The molecular weight excluding hydrogens is 333 g/mol. The van der Waals surface area contributed by atoms with Gasteiger partial charge in [-0.05, 0) is 36.5 Å². The number of rotatable bonds is 4. The van der Waals surface area contributed by atoms with Crippen molar-refractivity contribution in [2.24, 2.45) is 5.92 Å². The first-order valence-corrected chi connectivity index (χ1v) is 9.74. The highest BCUT2D eigenvalue weighted by Crippen LogP contribution is 2.28. The molecule has 0 spiro atoms. The molecule has 4 fully saturated rings. The molecule has 1 amide bonds. The van der Waals surface area contributed by atoms with Crippen LogP contribution in [-0.4, -0.2) is 79.1 Å². The van der Waals surface area contributed by atoms with Gasteiger partial charge >= 0.3 is 0 Å². The van der Waals surface area contributed by atoms with Crippen LogP contribution in [0.5, 0.6) is 0 Å². The lowest BCUT2D eigenvalue weighted by atomic mass is 9.95. The fraction of sp³-hybridized carbons (Fsp3) is 0.650. The van der Waals surface area contributed by atoms with Crippen LogP contribution in [0.2, 0.25) is 0 Å². The number of hydrogen-bond acceptors (Lipinski definition) is 4. The van der Waals surface area contributed by atoms with Crippen LogP contribution in [0.1, 0.15) is 18.4 Å². The minimum Gasteiger partial charge on any atom is -0.378 e. The zero-order valence-electron chi connectivity index (χ0n) is 15.3. The van der Waals surface area contributed by atoms with E-state index in [0.717, 1.165) is 44.8 Å². The van der Waals surface area contributed by atoms with Crippen molar-refractivity contribution in [3.05, 3.63) is 35.6 Å². The summed E-state index contributed by atoms with van der Waals surface area (Å²) in [4.78, 5) is 19.5. The predicted molar refractivity (Wildman–Crippen MR) is 97.2 cm³/mol. The van der Waals surface area contributed by atoms with Crippen LogP contribution in [0, 0.1) is 11.7 Å². The van der Waals surface area contributed by atoms with E-state index in [9.17, 15) is 9.18 Å². The van der Waals surface area contributed by atoms with Crippen LogP contribution in [0.25, 0.3) is 0 Å². The van der Waals surface area contributed by atoms with Crippen LogP contribution in [0.3, 0.4) is 0 Å². The summed E-state index contributed by atoms with van der Waals surface area (Å²) < 4.78 is 18.5. The smallest absolute Gasteiger partial charge is 0.236 e. The molecule has 142 valence electrons. The Balaban J connectivity index is 1.36. The quantitative estimate of drug-likeness (QED) is 0.816. The maximum atomic E-state index is 13.1. The zero-order valence-corrected chi connectivity index (χ0v) is 15.3. The SMILES string of the molecule is O=C(CN1C[C@@H]2CC[C@H]1CN(Cc1ccc(F)cc1)C2)N1CCOCC1. The van der Waals surface area contributed by atoms with E-state index < -0.39 is 0 Å². The highest BCUT2D eigenvalue weighted by Gasteiger charge is 2.36. The number of hydrogen-bond donors (Lipinski definition) is 0. The lowest BCUT2D eigenvalue weighted by Crippen LogP contribution is -2.51. The van der Waals surface area contributed by atoms with Crippen LogP contribution in [0.4, 0.5) is 4.39 Å². The predicted octanol–water partition coefficient (Wildman–Crippen LogP) is 1.58. The Morgan fingerprint density at radius 2 is 1.85 bits per heavy atom. The molecule has 4 saturated heterocycles. The molecule has 5 nitrogen and oxygen atoms in total. The average Bonchev–Trinajstić information content (AvgIpc) is 2.95. The summed E-state index contributed by atoms with van der Waals surface area (Å²) in [5, 5.41) is 0. The number of benzene rings is 1. The van der Waals surface area contributed by atoms with Crippen molar-refractivity contribution in [3.8, 4) is 0 Å². The lowest BCUT2D eigenvalue weighted by molar-refractivity contribution is -0.137. The van der Waals surface area contributed by atoms with Crippen LogP contribution < -0.4 is 0 Å². The maximum absolute atomic E-state index is 13.1. The van der Waals surface area contributed by atoms with Crippen molar-refractivity contribution in [2.75, 3.05) is 52.5 Å². The topological polar surface area (TPSA) is 36.0 Å². The number of nitrogens with zero attached hydrogens (tertiary/aromatic N) is 3. The van der Waals surface area contributed by atoms with E-state index in [2.05, 4.69) is 9.80 Å². The highest BCUT2D eigenvalue weighted by molar-refractivity contribution is 5.78. The van der Waals surface area contributed by atoms with Gasteiger partial charge < -0.3 is 9.64 Å². The van der Waals surface area contributed by atoms with E-state index in [1.54, 1.807) is 0 Å². The Labute approximate surface area is 154 Å². The number of carbonyl (C=O) groups excluding carboxylic acids is 1. The van der Waals surface area contributed by atoms with Crippen LogP contribution in [-0.2, 0) is 16.1 Å². The summed E-state index contributed by atoms with van der Waals surface area (Å²) in [5.41, 5.74) is 1.16. The van der Waals surface area contributed by atoms with Crippen LogP contribution >= 0.6 is 0 Å². The molecule has 5 rings (SSSR count). The second kappa shape index (κ2) is 8.03. The van der Waals surface area contributed by atoms with E-state index in [1.165, 1.54) is 25.0 Å². The number of fused-ring (bicyclic) bond motifs is 4. The number of morpholine rings is 1. The molecule has 1 aromatic rings. The summed E-state index contributed by atoms with van der Waals surface area (Å²) in [5.74, 6) is 0.676. The second-order valence-corrected chi connectivity index (χ2v) is 7.84. The van der Waals surface area contributed by atoms with Crippen molar-refractivity contribution in [2.45, 2.75) is 25.4 Å². The minimum atomic E-state index is -0.183. The fourth-order valence-corrected chi connectivity index (χ4v) is 4.53. The number of amides is 1. The van der Waals surface area contributed by atoms with Gasteiger partial charge in [0.15, 0.2) is 0 Å². The molecule has 1 aromatic carbocycles. The summed E-state index contributed by atoms with van der Waals surface area (Å²) in [6.07, 6.45) is 2.41. The molecule has 4 heterocycles. The Bertz CT molecular complexity index is 618. The highest BCUT2D eigenvalue weighted by atomic mass is 19.1. The third-order valence-corrected chi connectivity index (χ3v) is 5.92. The largest absolute Gasteiger partial charge is 0.378 e. The molecule has 0 radical (unpaired) electrons. The summed E-state index contributed by atoms with van der Waals surface area (Å²) in [6.45, 7) is 7.21. The van der Waals surface area contributed by atoms with Gasteiger partial charge in [0.1, 0.15) is 5.82 Å². The van der Waals surface area contributed by atoms with Gasteiger partial charge in [-0.2, -0.15) is 0 Å². The number of halogens is 1. The van der Waals surface area contributed by atoms with Crippen molar-refractivity contribution in [3.63, 3.8) is 0 Å². The third-order valence-electron chi connectivity index (χ3n) is 5.92. The summed E-state index contributed by atoms with van der Waals surface area (Å²) in [6, 6.07) is 7.27. The average molecular weight is 361 g/mol. The van der Waals surface area contributed by atoms with Gasteiger partial charge in [0.25, 0.3) is 0 Å². The van der Waals surface area contributed by atoms with E-state index in [0.29, 0.717) is 31.7 Å². The molecule has 26 heavy (non-hydrogen) atoms. The van der Waals surface area contributed by atoms with Crippen molar-refractivity contribution in [1.82, 2.24) is 14.7 Å². The monoisotopic (exact) mass is 361 g/mol. The van der Waals surface area contributed by atoms with Gasteiger partial charge in [-0.15, -0.1) is 0 Å². The standard InChI is InChI=1S/C20H28FN3O2/c21-18-4-1-16(2-5-18)11-22-12-17-3-6-19(14-22)24(13-17)15-20(25)23-7-9-26-10-8-23/h1-2,4-5,17,19H,3,6-15H2/t17-,19+/m1/s1. The summed E-state index contributed by atoms with van der Waals surface area (Å²) >= 11 is 0. The Kier molecular flexibility index (Phi) is 5.52. The first-order valence-electron chi connectivity index (χ1n) is 9.74. The lowest BCUT2D eigenvalue weighted by Gasteiger charge is -2.37. The molecule has 0 aromatic heterocycles. The molecule has 4 aliphatic rings. The molecular formula is C20H28FN3O2. The van der Waals surface area contributed by atoms with Gasteiger partial charge in [0, 0.05) is 45.3 Å². The van der Waals surface area contributed by atoms with Gasteiger partial charge in [-0.25, -0.2) is 4.39 Å². The van der Waals surface area contributed by atoms with E-state index in [1.807, 2.05) is 17.0 Å². The van der Waals surface area contributed by atoms with E-state index in [4.69, 9.17) is 4.74 Å². The fourth-order valence-electron chi connectivity index (χ4n) is 4.53. The van der Waals surface area contributed by atoms with Crippen molar-refractivity contribution in [1.29, 1.82) is 0 Å². The molecule has 0 N–H and O–H groups in total. The molecule has 0 saturated carbocycles. The van der Waals surface area contributed by atoms with Gasteiger partial charge in [0.2, 0.25) is 5.91 Å². The minimum absolute atomic E-state index is 0.183. The maximum Gasteiger partial charge on any atom is 0.236 e. The Morgan fingerprint density at radius 1 is 1.08 bits per heavy atom. The Hall–Kier alpha value is -1.50. The first-order chi connectivity index (χ1) is 12.7. The molecule has 2 atom stereocenters. The van der Waals surface area contributed by atoms with Gasteiger partial charge in [-0.1, -0.05) is 12.1 Å². The summed E-state index contributed by atoms with van der Waals surface area (Å²) in [7, 11) is 0. The molecule has 0 unspecified atom stereocenters. The number of carbonyl (C=O) groups is 1. The molecule has 0 aliphatic carbocycles. The van der Waals surface area contributed by atoms with Gasteiger partial charge in [-0.3, -0.25) is 14.6 Å².